The lowest BCUT2D eigenvalue weighted by Gasteiger charge is -2.29. The van der Waals surface area contributed by atoms with E-state index in [-0.39, 0.29) is 23.4 Å². The van der Waals surface area contributed by atoms with Crippen LogP contribution in [-0.4, -0.2) is 17.9 Å². The SMILES string of the molecule is O=C(Nc1ccc2c(c1)Sc1ccccc1C(=O)N2C1CCCC1)c1cccc(F)c1. The van der Waals surface area contributed by atoms with E-state index in [4.69, 9.17) is 0 Å². The average Bonchev–Trinajstić information content (AvgIpc) is 3.26. The highest BCUT2D eigenvalue weighted by molar-refractivity contribution is 7.99. The monoisotopic (exact) mass is 432 g/mol. The molecular formula is C25H21FN2O2S. The zero-order valence-electron chi connectivity index (χ0n) is 16.8. The fourth-order valence-electron chi connectivity index (χ4n) is 4.32. The molecule has 156 valence electrons. The second-order valence-corrected chi connectivity index (χ2v) is 8.94. The van der Waals surface area contributed by atoms with Gasteiger partial charge in [0.2, 0.25) is 0 Å². The number of fused-ring (bicyclic) bond motifs is 2. The topological polar surface area (TPSA) is 49.4 Å². The third kappa shape index (κ3) is 3.83. The van der Waals surface area contributed by atoms with Gasteiger partial charge in [-0.1, -0.05) is 42.8 Å². The summed E-state index contributed by atoms with van der Waals surface area (Å²) in [5, 5.41) is 2.85. The second-order valence-electron chi connectivity index (χ2n) is 7.86. The number of anilines is 2. The molecule has 0 bridgehead atoms. The lowest BCUT2D eigenvalue weighted by molar-refractivity contribution is 0.0972. The molecule has 1 saturated carbocycles. The summed E-state index contributed by atoms with van der Waals surface area (Å²) in [5.41, 5.74) is 2.46. The number of carbonyl (C=O) groups excluding carboxylic acids is 2. The zero-order valence-corrected chi connectivity index (χ0v) is 17.6. The Labute approximate surface area is 184 Å². The predicted octanol–water partition coefficient (Wildman–Crippen LogP) is 6.13. The van der Waals surface area contributed by atoms with Crippen LogP contribution in [0.4, 0.5) is 15.8 Å². The molecule has 4 nitrogen and oxygen atoms in total. The molecule has 1 aliphatic carbocycles. The highest BCUT2D eigenvalue weighted by atomic mass is 32.2. The van der Waals surface area contributed by atoms with E-state index in [9.17, 15) is 14.0 Å². The van der Waals surface area contributed by atoms with Crippen molar-refractivity contribution in [3.8, 4) is 0 Å². The van der Waals surface area contributed by atoms with Crippen molar-refractivity contribution in [2.24, 2.45) is 0 Å². The number of rotatable bonds is 3. The molecule has 1 fully saturated rings. The van der Waals surface area contributed by atoms with Crippen LogP contribution in [0.2, 0.25) is 0 Å². The Bertz CT molecular complexity index is 1170. The van der Waals surface area contributed by atoms with Crippen molar-refractivity contribution in [2.45, 2.75) is 41.5 Å². The van der Waals surface area contributed by atoms with Crippen LogP contribution >= 0.6 is 11.8 Å². The number of hydrogen-bond acceptors (Lipinski definition) is 3. The molecule has 31 heavy (non-hydrogen) atoms. The van der Waals surface area contributed by atoms with Crippen LogP contribution in [0.3, 0.4) is 0 Å². The van der Waals surface area contributed by atoms with Crippen LogP contribution in [0.1, 0.15) is 46.4 Å². The average molecular weight is 433 g/mol. The van der Waals surface area contributed by atoms with Gasteiger partial charge >= 0.3 is 0 Å². The van der Waals surface area contributed by atoms with E-state index >= 15 is 0 Å². The minimum absolute atomic E-state index is 0.0327. The Morgan fingerprint density at radius 1 is 0.968 bits per heavy atom. The van der Waals surface area contributed by atoms with Crippen molar-refractivity contribution in [3.63, 3.8) is 0 Å². The number of amides is 2. The Kier molecular flexibility index (Phi) is 5.24. The van der Waals surface area contributed by atoms with E-state index in [0.29, 0.717) is 11.3 Å². The van der Waals surface area contributed by atoms with Gasteiger partial charge in [0, 0.05) is 27.1 Å². The maximum absolute atomic E-state index is 13.5. The Balaban J connectivity index is 1.52. The van der Waals surface area contributed by atoms with E-state index in [0.717, 1.165) is 41.2 Å². The Morgan fingerprint density at radius 3 is 2.58 bits per heavy atom. The number of nitrogens with one attached hydrogen (secondary N) is 1. The number of nitrogens with zero attached hydrogens (tertiary/aromatic N) is 1. The molecule has 0 aromatic heterocycles. The van der Waals surface area contributed by atoms with Crippen molar-refractivity contribution < 1.29 is 14.0 Å². The molecule has 0 saturated heterocycles. The maximum atomic E-state index is 13.5. The summed E-state index contributed by atoms with van der Waals surface area (Å²) in [7, 11) is 0. The molecule has 3 aromatic rings. The molecule has 2 aliphatic rings. The van der Waals surface area contributed by atoms with Crippen molar-refractivity contribution in [1.82, 2.24) is 0 Å². The normalized spacial score (nSPS) is 15.9. The van der Waals surface area contributed by atoms with Gasteiger partial charge in [-0.25, -0.2) is 4.39 Å². The molecule has 1 N–H and O–H groups in total. The first-order chi connectivity index (χ1) is 15.1. The Hall–Kier alpha value is -3.12. The van der Waals surface area contributed by atoms with Gasteiger partial charge in [0.15, 0.2) is 0 Å². The quantitative estimate of drug-likeness (QED) is 0.541. The fourth-order valence-corrected chi connectivity index (χ4v) is 5.43. The van der Waals surface area contributed by atoms with Gasteiger partial charge in [0.05, 0.1) is 11.3 Å². The van der Waals surface area contributed by atoms with E-state index in [1.54, 1.807) is 6.07 Å². The van der Waals surface area contributed by atoms with Crippen LogP contribution in [0.25, 0.3) is 0 Å². The molecule has 2 amide bonds. The van der Waals surface area contributed by atoms with Crippen LogP contribution in [0, 0.1) is 5.82 Å². The molecule has 0 radical (unpaired) electrons. The highest BCUT2D eigenvalue weighted by Gasteiger charge is 2.34. The first kappa shape index (κ1) is 19.8. The predicted molar refractivity (Wildman–Crippen MR) is 120 cm³/mol. The van der Waals surface area contributed by atoms with Gasteiger partial charge in [0.1, 0.15) is 5.82 Å². The minimum Gasteiger partial charge on any atom is -0.322 e. The summed E-state index contributed by atoms with van der Waals surface area (Å²) in [6.07, 6.45) is 4.24. The molecule has 0 unspecified atom stereocenters. The second kappa shape index (κ2) is 8.19. The van der Waals surface area contributed by atoms with Crippen LogP contribution in [0.15, 0.2) is 76.5 Å². The third-order valence-corrected chi connectivity index (χ3v) is 6.93. The summed E-state index contributed by atoms with van der Waals surface area (Å²) in [4.78, 5) is 29.8. The molecule has 6 heteroatoms. The van der Waals surface area contributed by atoms with Crippen molar-refractivity contribution >= 4 is 35.0 Å². The van der Waals surface area contributed by atoms with E-state index in [2.05, 4.69) is 5.32 Å². The maximum Gasteiger partial charge on any atom is 0.259 e. The summed E-state index contributed by atoms with van der Waals surface area (Å²) in [5.74, 6) is -0.792. The number of carbonyl (C=O) groups is 2. The van der Waals surface area contributed by atoms with Gasteiger partial charge in [-0.05, 0) is 61.4 Å². The molecule has 3 aromatic carbocycles. The van der Waals surface area contributed by atoms with E-state index in [1.807, 2.05) is 47.4 Å². The lowest BCUT2D eigenvalue weighted by Crippen LogP contribution is -2.39. The smallest absolute Gasteiger partial charge is 0.259 e. The van der Waals surface area contributed by atoms with Crippen molar-refractivity contribution in [2.75, 3.05) is 10.2 Å². The molecule has 1 aliphatic heterocycles. The van der Waals surface area contributed by atoms with Gasteiger partial charge in [0.25, 0.3) is 11.8 Å². The van der Waals surface area contributed by atoms with Crippen molar-refractivity contribution in [1.29, 1.82) is 0 Å². The largest absolute Gasteiger partial charge is 0.322 e. The molecule has 0 spiro atoms. The van der Waals surface area contributed by atoms with Crippen LogP contribution in [-0.2, 0) is 0 Å². The number of benzene rings is 3. The standard InChI is InChI=1S/C25H21FN2O2S/c26-17-7-5-6-16(14-17)24(29)27-18-12-13-21-23(15-18)31-22-11-4-3-10-20(22)25(30)28(21)19-8-1-2-9-19/h3-7,10-15,19H,1-2,8-9H2,(H,27,29). The first-order valence-corrected chi connectivity index (χ1v) is 11.2. The molecule has 5 rings (SSSR count). The summed E-state index contributed by atoms with van der Waals surface area (Å²) in [6, 6.07) is 19.1. The van der Waals surface area contributed by atoms with Crippen LogP contribution < -0.4 is 10.2 Å². The molecule has 0 atom stereocenters. The number of hydrogen-bond donors (Lipinski definition) is 1. The molecule has 1 heterocycles. The Morgan fingerprint density at radius 2 is 1.77 bits per heavy atom. The summed E-state index contributed by atoms with van der Waals surface area (Å²) in [6.45, 7) is 0. The van der Waals surface area contributed by atoms with Gasteiger partial charge < -0.3 is 10.2 Å². The third-order valence-electron chi connectivity index (χ3n) is 5.81. The summed E-state index contributed by atoms with van der Waals surface area (Å²) >= 11 is 1.54. The van der Waals surface area contributed by atoms with Gasteiger partial charge in [-0.15, -0.1) is 0 Å². The first-order valence-electron chi connectivity index (χ1n) is 10.4. The minimum atomic E-state index is -0.451. The van der Waals surface area contributed by atoms with E-state index in [1.165, 1.54) is 30.0 Å². The molecular weight excluding hydrogens is 411 g/mol. The fraction of sp³-hybridized carbons (Fsp3) is 0.200. The van der Waals surface area contributed by atoms with Gasteiger partial charge in [-0.3, -0.25) is 9.59 Å². The van der Waals surface area contributed by atoms with E-state index < -0.39 is 5.82 Å². The zero-order chi connectivity index (χ0) is 21.4. The van der Waals surface area contributed by atoms with Crippen LogP contribution in [0.5, 0.6) is 0 Å². The lowest BCUT2D eigenvalue weighted by atomic mass is 10.1. The van der Waals surface area contributed by atoms with Gasteiger partial charge in [-0.2, -0.15) is 0 Å². The summed E-state index contributed by atoms with van der Waals surface area (Å²) < 4.78 is 13.5. The van der Waals surface area contributed by atoms with Crippen molar-refractivity contribution in [3.05, 3.63) is 83.7 Å². The highest BCUT2D eigenvalue weighted by Crippen LogP contribution is 2.44. The number of halogens is 1.